The monoisotopic (exact) mass is 977 g/mol. The van der Waals surface area contributed by atoms with E-state index in [0.29, 0.717) is 5.54 Å². The van der Waals surface area contributed by atoms with Crippen LogP contribution >= 0.6 is 0 Å². The maximum atomic E-state index is 11.7. The number of fused-ring (bicyclic) bond motifs is 2. The van der Waals surface area contributed by atoms with Crippen LogP contribution in [0.1, 0.15) is 139 Å². The molecule has 315 valence electrons. The Balaban J connectivity index is 0.000000398. The summed E-state index contributed by atoms with van der Waals surface area (Å²) in [4.78, 5) is 16.7. The van der Waals surface area contributed by atoms with E-state index in [1.54, 1.807) is 0 Å². The molecule has 1 radical (unpaired) electrons. The molecule has 1 aliphatic rings. The SMILES string of the molecule is CC(C)(C)CC[Si](c1ccccc1)(c1cc2ccnc(-c3[c-]c4ccccc4c(C(C)(C)C)c3)c2o1)C1CCCCC1.CCC(CC)C(=O)/C=C(\O)C(CC)CC.[Ir]. The zero-order chi connectivity index (χ0) is 41.4. The Labute approximate surface area is 365 Å². The van der Waals surface area contributed by atoms with Crippen molar-refractivity contribution in [3.63, 3.8) is 0 Å². The van der Waals surface area contributed by atoms with E-state index in [4.69, 9.17) is 9.40 Å². The number of ketones is 1. The number of carbonyl (C=O) groups is 1. The molecule has 6 heteroatoms. The van der Waals surface area contributed by atoms with Gasteiger partial charge in [0.05, 0.1) is 11.1 Å². The first kappa shape index (κ1) is 47.4. The fourth-order valence-corrected chi connectivity index (χ4v) is 15.2. The third kappa shape index (κ3) is 11.1. The summed E-state index contributed by atoms with van der Waals surface area (Å²) in [5.74, 6) is 0.547. The molecule has 6 rings (SSSR count). The van der Waals surface area contributed by atoms with Crippen LogP contribution in [0.5, 0.6) is 0 Å². The van der Waals surface area contributed by atoms with Crippen molar-refractivity contribution in [2.24, 2.45) is 17.3 Å². The molecule has 0 saturated heterocycles. The van der Waals surface area contributed by atoms with Crippen molar-refractivity contribution in [3.8, 4) is 11.3 Å². The topological polar surface area (TPSA) is 63.3 Å². The van der Waals surface area contributed by atoms with Crippen LogP contribution in [-0.2, 0) is 30.3 Å². The maximum absolute atomic E-state index is 11.7. The second kappa shape index (κ2) is 20.8. The van der Waals surface area contributed by atoms with Crippen LogP contribution in [-0.4, -0.2) is 23.9 Å². The molecular weight excluding hydrogens is 907 g/mol. The number of rotatable bonds is 13. The van der Waals surface area contributed by atoms with Crippen molar-refractivity contribution < 1.29 is 34.4 Å². The largest absolute Gasteiger partial charge is 0.512 e. The van der Waals surface area contributed by atoms with Crippen LogP contribution in [0.2, 0.25) is 11.6 Å². The van der Waals surface area contributed by atoms with Crippen LogP contribution in [0.3, 0.4) is 0 Å². The molecule has 0 aliphatic heterocycles. The summed E-state index contributed by atoms with van der Waals surface area (Å²) in [6.45, 7) is 22.1. The Morgan fingerprint density at radius 1 is 0.862 bits per heavy atom. The molecule has 0 amide bonds. The zero-order valence-corrected chi connectivity index (χ0v) is 40.5. The third-order valence-corrected chi connectivity index (χ3v) is 18.2. The fraction of sp³-hybridized carbons (Fsp3) is 0.500. The minimum absolute atomic E-state index is 0. The van der Waals surface area contributed by atoms with Crippen LogP contribution in [0.15, 0.2) is 95.2 Å². The smallest absolute Gasteiger partial charge is 0.165 e. The number of benzene rings is 3. The number of aliphatic hydroxyl groups excluding tert-OH is 1. The molecule has 2 aromatic heterocycles. The number of hydrogen-bond acceptors (Lipinski definition) is 4. The second-order valence-electron chi connectivity index (χ2n) is 18.8. The Hall–Kier alpha value is -3.31. The normalized spacial score (nSPS) is 15.3. The molecule has 1 atom stereocenters. The van der Waals surface area contributed by atoms with E-state index in [1.165, 1.54) is 72.2 Å². The molecule has 2 heterocycles. The molecule has 0 bridgehead atoms. The average Bonchev–Trinajstić information content (AvgIpc) is 3.64. The minimum Gasteiger partial charge on any atom is -0.512 e. The van der Waals surface area contributed by atoms with Crippen molar-refractivity contribution in [1.82, 2.24) is 4.98 Å². The number of carbonyl (C=O) groups excluding carboxylic acids is 1. The predicted molar refractivity (Wildman–Crippen MR) is 246 cm³/mol. The molecular formula is C52H70IrNO3Si-. The van der Waals surface area contributed by atoms with Gasteiger partial charge < -0.3 is 9.52 Å². The van der Waals surface area contributed by atoms with Gasteiger partial charge in [0.1, 0.15) is 5.58 Å². The number of pyridine rings is 1. The third-order valence-electron chi connectivity index (χ3n) is 12.7. The van der Waals surface area contributed by atoms with Crippen molar-refractivity contribution >= 4 is 46.2 Å². The van der Waals surface area contributed by atoms with Gasteiger partial charge in [0.25, 0.3) is 0 Å². The van der Waals surface area contributed by atoms with Gasteiger partial charge in [-0.05, 0) is 60.2 Å². The van der Waals surface area contributed by atoms with Gasteiger partial charge in [0.15, 0.2) is 13.9 Å². The van der Waals surface area contributed by atoms with Crippen LogP contribution in [0.4, 0.5) is 0 Å². The Morgan fingerprint density at radius 3 is 2.09 bits per heavy atom. The van der Waals surface area contributed by atoms with Crippen molar-refractivity contribution in [1.29, 1.82) is 0 Å². The van der Waals surface area contributed by atoms with Crippen molar-refractivity contribution in [3.05, 3.63) is 102 Å². The number of allylic oxidation sites excluding steroid dienone is 2. The zero-order valence-electron chi connectivity index (χ0n) is 37.1. The second-order valence-corrected chi connectivity index (χ2v) is 23.1. The number of furan rings is 1. The van der Waals surface area contributed by atoms with Crippen LogP contribution < -0.4 is 10.6 Å². The molecule has 1 N–H and O–H groups in total. The Kier molecular flexibility index (Phi) is 17.0. The Bertz CT molecular complexity index is 2090. The van der Waals surface area contributed by atoms with E-state index < -0.39 is 8.07 Å². The molecule has 1 saturated carbocycles. The summed E-state index contributed by atoms with van der Waals surface area (Å²) in [5, 5.41) is 16.1. The summed E-state index contributed by atoms with van der Waals surface area (Å²) >= 11 is 0. The fourth-order valence-electron chi connectivity index (χ4n) is 9.09. The van der Waals surface area contributed by atoms with Gasteiger partial charge in [0.2, 0.25) is 0 Å². The van der Waals surface area contributed by atoms with Gasteiger partial charge in [-0.1, -0.05) is 172 Å². The quantitative estimate of drug-likeness (QED) is 0.0553. The molecule has 5 aromatic rings. The molecule has 1 aliphatic carbocycles. The first-order chi connectivity index (χ1) is 27.2. The van der Waals surface area contributed by atoms with E-state index in [2.05, 4.69) is 120 Å². The standard InChI is InChI=1S/C39H46NOSi.C13H24O2.Ir/c1-38(2,3)22-24-42(31-16-9-7-10-17-31,32-18-11-8-12-19-32)35-27-29-21-23-40-36(37(29)41-35)30-25-28-15-13-14-20-33(28)34(26-30)39(4,5)6;1-5-10(6-2)12(14)9-13(15)11(7-3)8-4;/h7,9-10,13-17,20-21,23,26-27,32H,8,11-12,18-19,22,24H2,1-6H3;9-11,14H,5-8H2,1-4H3;/q-1;;/b;12-9-;. The number of aromatic nitrogens is 1. The van der Waals surface area contributed by atoms with Gasteiger partial charge in [-0.15, -0.1) is 29.1 Å². The molecule has 3 aromatic carbocycles. The van der Waals surface area contributed by atoms with E-state index in [0.717, 1.165) is 53.3 Å². The van der Waals surface area contributed by atoms with E-state index in [-0.39, 0.29) is 54.3 Å². The van der Waals surface area contributed by atoms with Gasteiger partial charge in [-0.2, -0.15) is 0 Å². The maximum Gasteiger partial charge on any atom is 0.165 e. The summed E-state index contributed by atoms with van der Waals surface area (Å²) in [6.07, 6.45) is 14.7. The van der Waals surface area contributed by atoms with Gasteiger partial charge in [-0.3, -0.25) is 9.78 Å². The molecule has 0 spiro atoms. The summed E-state index contributed by atoms with van der Waals surface area (Å²) in [6, 6.07) is 31.9. The van der Waals surface area contributed by atoms with E-state index in [9.17, 15) is 9.90 Å². The number of nitrogens with zero attached hydrogens (tertiary/aromatic N) is 1. The first-order valence-corrected chi connectivity index (χ1v) is 24.3. The van der Waals surface area contributed by atoms with Gasteiger partial charge in [-0.25, -0.2) is 0 Å². The van der Waals surface area contributed by atoms with Gasteiger partial charge in [0, 0.05) is 55.3 Å². The van der Waals surface area contributed by atoms with Crippen molar-refractivity contribution in [2.45, 2.75) is 150 Å². The van der Waals surface area contributed by atoms with Crippen LogP contribution in [0, 0.1) is 23.3 Å². The molecule has 4 nitrogen and oxygen atoms in total. The molecule has 58 heavy (non-hydrogen) atoms. The minimum atomic E-state index is -2.25. The summed E-state index contributed by atoms with van der Waals surface area (Å²) < 4.78 is 7.21. The summed E-state index contributed by atoms with van der Waals surface area (Å²) in [7, 11) is -2.25. The Morgan fingerprint density at radius 2 is 1.48 bits per heavy atom. The number of aliphatic hydroxyl groups is 1. The van der Waals surface area contributed by atoms with Gasteiger partial charge >= 0.3 is 0 Å². The molecule has 1 unspecified atom stereocenters. The summed E-state index contributed by atoms with van der Waals surface area (Å²) in [5.41, 5.74) is 5.11. The number of hydrogen-bond donors (Lipinski definition) is 1. The van der Waals surface area contributed by atoms with Crippen LogP contribution in [0.25, 0.3) is 33.0 Å². The van der Waals surface area contributed by atoms with Crippen molar-refractivity contribution in [2.75, 3.05) is 0 Å². The molecule has 1 fully saturated rings. The predicted octanol–water partition coefficient (Wildman–Crippen LogP) is 13.9. The van der Waals surface area contributed by atoms with E-state index >= 15 is 0 Å². The average molecular weight is 977 g/mol. The first-order valence-electron chi connectivity index (χ1n) is 22.0. The van der Waals surface area contributed by atoms with E-state index in [1.807, 2.05) is 33.9 Å².